The van der Waals surface area contributed by atoms with Crippen molar-refractivity contribution in [1.29, 1.82) is 0 Å². The van der Waals surface area contributed by atoms with E-state index in [1.165, 1.54) is 18.0 Å². The first kappa shape index (κ1) is 92.7. The van der Waals surface area contributed by atoms with Crippen molar-refractivity contribution in [2.24, 2.45) is 26.9 Å². The lowest BCUT2D eigenvalue weighted by Crippen LogP contribution is -2.41. The molecule has 30 nitrogen and oxygen atoms in total. The van der Waals surface area contributed by atoms with Crippen LogP contribution in [0, 0.1) is 0 Å². The second-order valence-electron chi connectivity index (χ2n) is 34.7. The SMILES string of the molecule is CC(C)(C)OC(=O)N1Cc2c(Cl)ncc(Br)c2C1=O.CC(C)(C)OC(=O)N1Cc2c(Cl)ncc(NCc3ccccc3)c2C1=O.Cn1ccc2c(-c3ncc(N)c4c3CNC4=O)ccnc21.Cn1ccc2c(-c3ncc(NCc4ccccc4)c4c3CN(C(=O)OC(C)(C)C)C4=O)ccnc21.Cn1ccc2c(B3OC(C)(C)C(C)(C)O3)ccnc21.NCc1ccccc1. The van der Waals surface area contributed by atoms with E-state index in [0.29, 0.717) is 92.4 Å². The number of nitrogens with two attached hydrogens (primary N) is 2. The van der Waals surface area contributed by atoms with Gasteiger partial charge in [0.15, 0.2) is 0 Å². The number of imide groups is 3. The van der Waals surface area contributed by atoms with E-state index in [1.54, 1.807) is 87.1 Å². The Balaban J connectivity index is 0.000000136. The number of halogens is 3. The molecule has 18 rings (SSSR count). The maximum atomic E-state index is 13.5. The molecule has 0 bridgehead atoms. The number of aromatic nitrogens is 10. The quantitative estimate of drug-likeness (QED) is 0.0482. The van der Waals surface area contributed by atoms with Gasteiger partial charge in [0.1, 0.15) is 44.1 Å². The van der Waals surface area contributed by atoms with Crippen molar-refractivity contribution in [3.05, 3.63) is 265 Å². The van der Waals surface area contributed by atoms with Crippen LogP contribution in [0.3, 0.4) is 0 Å². The van der Waals surface area contributed by atoms with Gasteiger partial charge < -0.3 is 64.6 Å². The van der Waals surface area contributed by atoms with Gasteiger partial charge in [0.05, 0.1) is 100 Å². The number of benzene rings is 3. The molecular weight excluding hydrogens is 1730 g/mol. The number of amides is 7. The molecule has 128 heavy (non-hydrogen) atoms. The Hall–Kier alpha value is -13.0. The number of pyridine rings is 7. The van der Waals surface area contributed by atoms with E-state index >= 15 is 0 Å². The lowest BCUT2D eigenvalue weighted by Gasteiger charge is -2.32. The summed E-state index contributed by atoms with van der Waals surface area (Å²) in [5.74, 6) is -1.40. The molecule has 1 saturated heterocycles. The highest BCUT2D eigenvalue weighted by atomic mass is 79.9. The number of nitrogens with zero attached hydrogens (tertiary/aromatic N) is 13. The molecule has 7 amide bonds. The summed E-state index contributed by atoms with van der Waals surface area (Å²) in [5, 5.41) is 12.8. The van der Waals surface area contributed by atoms with Gasteiger partial charge in [0.25, 0.3) is 23.6 Å². The highest BCUT2D eigenvalue weighted by Gasteiger charge is 2.52. The molecule has 3 aromatic carbocycles. The Kier molecular flexibility index (Phi) is 27.4. The summed E-state index contributed by atoms with van der Waals surface area (Å²) in [4.78, 5) is 121. The third-order valence-electron chi connectivity index (χ3n) is 21.5. The van der Waals surface area contributed by atoms with Crippen LogP contribution in [0.4, 0.5) is 31.4 Å². The first-order valence-corrected chi connectivity index (χ1v) is 42.7. The minimum absolute atomic E-state index is 0.0514. The van der Waals surface area contributed by atoms with Crippen LogP contribution < -0.4 is 32.9 Å². The Morgan fingerprint density at radius 3 is 1.30 bits per heavy atom. The fourth-order valence-electron chi connectivity index (χ4n) is 14.5. The normalized spacial score (nSPS) is 14.5. The van der Waals surface area contributed by atoms with Crippen LogP contribution in [0.25, 0.3) is 55.6 Å². The summed E-state index contributed by atoms with van der Waals surface area (Å²) in [6, 6.07) is 41.5. The smallest absolute Gasteiger partial charge is 0.443 e. The van der Waals surface area contributed by atoms with Gasteiger partial charge in [-0.25, -0.2) is 54.0 Å². The maximum Gasteiger partial charge on any atom is 0.495 e. The summed E-state index contributed by atoms with van der Waals surface area (Å²) < 4.78 is 34.7. The van der Waals surface area contributed by atoms with E-state index in [0.717, 1.165) is 86.8 Å². The number of ether oxygens (including phenoxy) is 3. The summed E-state index contributed by atoms with van der Waals surface area (Å²) in [5.41, 5.74) is 24.7. The van der Waals surface area contributed by atoms with Gasteiger partial charge in [-0.1, -0.05) is 114 Å². The van der Waals surface area contributed by atoms with Gasteiger partial charge in [-0.15, -0.1) is 0 Å². The molecule has 15 heterocycles. The number of hydrogen-bond acceptors (Lipinski definition) is 23. The number of fused-ring (bicyclic) bond motifs is 7. The van der Waals surface area contributed by atoms with Crippen LogP contribution in [0.1, 0.15) is 170 Å². The monoisotopic (exact) mass is 1830 g/mol. The van der Waals surface area contributed by atoms with Crippen LogP contribution >= 0.6 is 39.1 Å². The molecule has 0 aliphatic carbocycles. The lowest BCUT2D eigenvalue weighted by molar-refractivity contribution is 0.00578. The van der Waals surface area contributed by atoms with Gasteiger partial charge in [0, 0.05) is 145 Å². The molecule has 5 aliphatic rings. The van der Waals surface area contributed by atoms with Crippen molar-refractivity contribution in [2.75, 3.05) is 16.4 Å². The molecule has 10 aromatic heterocycles. The second kappa shape index (κ2) is 37.9. The zero-order valence-corrected chi connectivity index (χ0v) is 77.0. The first-order valence-electron chi connectivity index (χ1n) is 41.2. The van der Waals surface area contributed by atoms with Crippen LogP contribution in [0.15, 0.2) is 194 Å². The number of rotatable bonds is 10. The van der Waals surface area contributed by atoms with Crippen LogP contribution in [0.5, 0.6) is 0 Å². The predicted octanol–water partition coefficient (Wildman–Crippen LogP) is 17.2. The fraction of sp³-hybridized carbons (Fsp3) is 0.298. The lowest BCUT2D eigenvalue weighted by atomic mass is 9.78. The van der Waals surface area contributed by atoms with Gasteiger partial charge in [-0.05, 0) is 164 Å². The van der Waals surface area contributed by atoms with E-state index in [1.807, 2.05) is 181 Å². The summed E-state index contributed by atoms with van der Waals surface area (Å²) >= 11 is 15.3. The molecule has 0 radical (unpaired) electrons. The number of nitrogen functional groups attached to an aromatic ring is 1. The zero-order valence-electron chi connectivity index (χ0n) is 73.9. The molecule has 1 fully saturated rings. The predicted molar refractivity (Wildman–Crippen MR) is 496 cm³/mol. The van der Waals surface area contributed by atoms with Crippen LogP contribution in [-0.2, 0) is 90.5 Å². The third kappa shape index (κ3) is 20.5. The summed E-state index contributed by atoms with van der Waals surface area (Å²) in [7, 11) is 5.54. The van der Waals surface area contributed by atoms with Gasteiger partial charge in [-0.3, -0.25) is 29.1 Å². The number of nitrogens with one attached hydrogen (secondary N) is 3. The average Bonchev–Trinajstić information content (AvgIpc) is 1.58. The minimum atomic E-state index is -0.719. The van der Waals surface area contributed by atoms with Crippen molar-refractivity contribution in [3.63, 3.8) is 0 Å². The van der Waals surface area contributed by atoms with Crippen molar-refractivity contribution < 1.29 is 57.1 Å². The first-order chi connectivity index (χ1) is 60.6. The van der Waals surface area contributed by atoms with E-state index in [4.69, 9.17) is 63.2 Å². The molecule has 0 saturated carbocycles. The van der Waals surface area contributed by atoms with Crippen LogP contribution in [0.2, 0.25) is 10.3 Å². The van der Waals surface area contributed by atoms with Crippen molar-refractivity contribution in [1.82, 2.24) is 68.6 Å². The number of hydrogen-bond donors (Lipinski definition) is 5. The van der Waals surface area contributed by atoms with Crippen molar-refractivity contribution in [3.8, 4) is 22.5 Å². The number of anilines is 3. The highest BCUT2D eigenvalue weighted by Crippen LogP contribution is 2.42. The zero-order chi connectivity index (χ0) is 92.2. The van der Waals surface area contributed by atoms with Gasteiger partial charge in [-0.2, -0.15) is 0 Å². The Morgan fingerprint density at radius 2 is 0.859 bits per heavy atom. The van der Waals surface area contributed by atoms with Crippen LogP contribution in [-0.4, -0.2) is 140 Å². The molecular formula is C94H100BBrCl2N18O12. The molecule has 5 aliphatic heterocycles. The number of carbonyl (C=O) groups excluding carboxylic acids is 7. The highest BCUT2D eigenvalue weighted by molar-refractivity contribution is 9.10. The summed E-state index contributed by atoms with van der Waals surface area (Å²) in [6.45, 7) is 26.4. The summed E-state index contributed by atoms with van der Waals surface area (Å²) in [6.07, 6.45) is 15.3. The molecule has 0 spiro atoms. The van der Waals surface area contributed by atoms with E-state index in [-0.39, 0.29) is 54.2 Å². The third-order valence-corrected chi connectivity index (χ3v) is 22.8. The van der Waals surface area contributed by atoms with E-state index < -0.39 is 52.8 Å². The fourth-order valence-corrected chi connectivity index (χ4v) is 15.5. The topological polar surface area (TPSA) is 369 Å². The molecule has 13 aromatic rings. The van der Waals surface area contributed by atoms with Gasteiger partial charge in [0.2, 0.25) is 0 Å². The van der Waals surface area contributed by atoms with Crippen molar-refractivity contribution >= 4 is 144 Å². The Labute approximate surface area is 759 Å². The molecule has 662 valence electrons. The second-order valence-corrected chi connectivity index (χ2v) is 36.3. The molecule has 7 N–H and O–H groups in total. The molecule has 0 unspecified atom stereocenters. The van der Waals surface area contributed by atoms with Crippen molar-refractivity contribution in [2.45, 2.75) is 164 Å². The largest absolute Gasteiger partial charge is 0.495 e. The number of carbonyl (C=O) groups is 7. The Bertz CT molecular complexity index is 6400. The van der Waals surface area contributed by atoms with Gasteiger partial charge >= 0.3 is 25.4 Å². The number of aryl methyl sites for hydroxylation is 3. The standard InChI is InChI=1S/C27H27N5O3.C19H20ClN3O3.C15H13N5O.C14H19BN2O2.C12H12BrClN2O3.C7H9N/c1-27(2,3)35-26(34)32-16-20-22(25(32)33)21(29-14-17-8-6-5-7-9-17)15-30-23(20)18-10-12-28-24-19(18)11-13-31(24)4;1-19(2,3)26-18(25)23-11-13-15(17(23)24)14(10-22-16(13)20)21-9-12-7-5-4-6-8-12;1-20-5-3-9-8(2-4-17-14(9)20)13-10-6-19-15(21)12(10)11(16)7-18-13;1-13(2)14(3,4)19-15(18-13)11-6-8-16-12-10(11)7-9-17(12)5;1-12(2,3)19-11(18)16-5-6-8(10(16)17)7(13)4-15-9(6)14;8-6-7-4-2-1-3-5-7/h5-13,15,29H,14,16H2,1-4H3;4-8,10,21H,9,11H2,1-3H3;2-5,7H,6,16H2,1H3,(H,19,21);6-9H,1-5H3;4H,5H2,1-3H3;1-5H,6,8H2. The average molecular weight is 1840 g/mol. The van der Waals surface area contributed by atoms with E-state index in [9.17, 15) is 33.6 Å². The molecule has 0 atom stereocenters. The minimum Gasteiger partial charge on any atom is -0.443 e. The molecule has 34 heteroatoms. The van der Waals surface area contributed by atoms with E-state index in [2.05, 4.69) is 95.5 Å². The maximum absolute atomic E-state index is 13.5. The Morgan fingerprint density at radius 1 is 0.484 bits per heavy atom.